The third-order valence-electron chi connectivity index (χ3n) is 6.96. The molecule has 37 heavy (non-hydrogen) atoms. The molecule has 1 amide bonds. The highest BCUT2D eigenvalue weighted by atomic mass is 16.5. The van der Waals surface area contributed by atoms with Crippen molar-refractivity contribution in [3.63, 3.8) is 0 Å². The Hall–Kier alpha value is -3.87. The van der Waals surface area contributed by atoms with Gasteiger partial charge in [-0.3, -0.25) is 4.79 Å². The number of carbonyl (C=O) groups is 1. The molecule has 190 valence electrons. The van der Waals surface area contributed by atoms with Crippen LogP contribution in [0.4, 0.5) is 0 Å². The fraction of sp³-hybridized carbons (Fsp3) is 0.258. The highest BCUT2D eigenvalue weighted by Gasteiger charge is 2.25. The molecular weight excluding hydrogens is 464 g/mol. The van der Waals surface area contributed by atoms with E-state index in [9.17, 15) is 15.0 Å². The number of fused-ring (bicyclic) bond motifs is 1. The Labute approximate surface area is 217 Å². The van der Waals surface area contributed by atoms with E-state index >= 15 is 0 Å². The van der Waals surface area contributed by atoms with Gasteiger partial charge in [-0.1, -0.05) is 66.7 Å². The predicted octanol–water partition coefficient (Wildman–Crippen LogP) is 5.25. The fourth-order valence-electron chi connectivity index (χ4n) is 4.94. The zero-order valence-electron chi connectivity index (χ0n) is 20.7. The summed E-state index contributed by atoms with van der Waals surface area (Å²) in [5.41, 5.74) is 2.52. The molecule has 0 aliphatic carbocycles. The van der Waals surface area contributed by atoms with Crippen molar-refractivity contribution in [3.8, 4) is 11.5 Å². The quantitative estimate of drug-likeness (QED) is 0.310. The lowest BCUT2D eigenvalue weighted by Gasteiger charge is -2.34. The van der Waals surface area contributed by atoms with E-state index in [2.05, 4.69) is 34.5 Å². The zero-order chi connectivity index (χ0) is 25.6. The lowest BCUT2D eigenvalue weighted by atomic mass is 10.00. The first-order chi connectivity index (χ1) is 18.1. The summed E-state index contributed by atoms with van der Waals surface area (Å²) in [6.07, 6.45) is 1.94. The second kappa shape index (κ2) is 11.5. The van der Waals surface area contributed by atoms with Crippen LogP contribution in [0.1, 0.15) is 40.4 Å². The van der Waals surface area contributed by atoms with Crippen molar-refractivity contribution in [2.24, 2.45) is 0 Å². The lowest BCUT2D eigenvalue weighted by molar-refractivity contribution is -0.0267. The van der Waals surface area contributed by atoms with Gasteiger partial charge >= 0.3 is 0 Å². The predicted molar refractivity (Wildman–Crippen MR) is 145 cm³/mol. The van der Waals surface area contributed by atoms with Crippen LogP contribution >= 0.6 is 0 Å². The van der Waals surface area contributed by atoms with Crippen molar-refractivity contribution in [1.82, 2.24) is 10.2 Å². The van der Waals surface area contributed by atoms with Gasteiger partial charge in [0.15, 0.2) is 0 Å². The Morgan fingerprint density at radius 3 is 2.16 bits per heavy atom. The molecule has 0 spiro atoms. The Bertz CT molecular complexity index is 1300. The summed E-state index contributed by atoms with van der Waals surface area (Å²) in [6.45, 7) is 3.02. The first-order valence-corrected chi connectivity index (χ1v) is 12.8. The zero-order valence-corrected chi connectivity index (χ0v) is 20.7. The first kappa shape index (κ1) is 24.8. The van der Waals surface area contributed by atoms with E-state index in [1.54, 1.807) is 30.3 Å². The molecule has 4 aromatic rings. The molecule has 1 saturated heterocycles. The summed E-state index contributed by atoms with van der Waals surface area (Å²) in [4.78, 5) is 15.0. The van der Waals surface area contributed by atoms with E-state index in [-0.39, 0.29) is 35.2 Å². The first-order valence-electron chi connectivity index (χ1n) is 12.8. The molecule has 0 unspecified atom stereocenters. The number of nitrogens with one attached hydrogen (secondary N) is 1. The number of hydrogen-bond acceptors (Lipinski definition) is 5. The Morgan fingerprint density at radius 1 is 0.865 bits per heavy atom. The van der Waals surface area contributed by atoms with Crippen LogP contribution in [0.25, 0.3) is 10.8 Å². The number of amides is 1. The molecule has 6 heteroatoms. The van der Waals surface area contributed by atoms with Crippen molar-refractivity contribution in [2.45, 2.75) is 25.0 Å². The largest absolute Gasteiger partial charge is 0.508 e. The minimum absolute atomic E-state index is 0.0694. The van der Waals surface area contributed by atoms with Gasteiger partial charge in [0.25, 0.3) is 5.91 Å². The van der Waals surface area contributed by atoms with Crippen LogP contribution in [0.5, 0.6) is 11.5 Å². The molecule has 1 heterocycles. The van der Waals surface area contributed by atoms with Crippen LogP contribution in [0.3, 0.4) is 0 Å². The van der Waals surface area contributed by atoms with Crippen molar-refractivity contribution < 1.29 is 19.7 Å². The maximum Gasteiger partial charge on any atom is 0.255 e. The van der Waals surface area contributed by atoms with E-state index in [4.69, 9.17) is 4.74 Å². The molecule has 1 fully saturated rings. The van der Waals surface area contributed by atoms with E-state index in [1.165, 1.54) is 0 Å². The molecule has 6 nitrogen and oxygen atoms in total. The molecular formula is C31H32N2O4. The molecule has 1 aliphatic heterocycles. The van der Waals surface area contributed by atoms with Crippen LogP contribution in [0, 0.1) is 0 Å². The highest BCUT2D eigenvalue weighted by molar-refractivity contribution is 6.01. The number of hydrogen-bond donors (Lipinski definition) is 3. The Morgan fingerprint density at radius 2 is 1.51 bits per heavy atom. The van der Waals surface area contributed by atoms with Gasteiger partial charge in [-0.05, 0) is 59.0 Å². The van der Waals surface area contributed by atoms with Crippen LogP contribution < -0.4 is 5.32 Å². The summed E-state index contributed by atoms with van der Waals surface area (Å²) in [7, 11) is 0. The highest BCUT2D eigenvalue weighted by Crippen LogP contribution is 2.30. The fourth-order valence-corrected chi connectivity index (χ4v) is 4.94. The average Bonchev–Trinajstić information content (AvgIpc) is 2.93. The standard InChI is InChI=1S/C31H32N2O4/c34-26-12-11-24-21-29(35)28(20-25(24)19-26)31(36)32-15-18-33-16-13-27(14-17-33)37-30(22-7-3-1-4-8-22)23-9-5-2-6-10-23/h1-12,19-21,27,30,34-35H,13-18H2,(H,32,36). The van der Waals surface area contributed by atoms with Gasteiger partial charge in [0, 0.05) is 26.2 Å². The van der Waals surface area contributed by atoms with E-state index < -0.39 is 0 Å². The smallest absolute Gasteiger partial charge is 0.255 e. The van der Waals surface area contributed by atoms with E-state index in [1.807, 2.05) is 36.4 Å². The van der Waals surface area contributed by atoms with Crippen molar-refractivity contribution in [1.29, 1.82) is 0 Å². The number of aromatic hydroxyl groups is 2. The minimum Gasteiger partial charge on any atom is -0.508 e. The number of carbonyl (C=O) groups excluding carboxylic acids is 1. The van der Waals surface area contributed by atoms with Crippen LogP contribution in [-0.4, -0.2) is 53.3 Å². The lowest BCUT2D eigenvalue weighted by Crippen LogP contribution is -2.41. The van der Waals surface area contributed by atoms with Gasteiger partial charge in [0.1, 0.15) is 17.6 Å². The molecule has 1 aliphatic rings. The number of ether oxygens (including phenoxy) is 1. The second-order valence-corrected chi connectivity index (χ2v) is 9.54. The van der Waals surface area contributed by atoms with Crippen LogP contribution in [0.15, 0.2) is 91.0 Å². The van der Waals surface area contributed by atoms with Crippen LogP contribution in [0.2, 0.25) is 0 Å². The molecule has 5 rings (SSSR count). The summed E-state index contributed by atoms with van der Waals surface area (Å²) in [5, 5.41) is 24.4. The van der Waals surface area contributed by atoms with Crippen molar-refractivity contribution >= 4 is 16.7 Å². The summed E-state index contributed by atoms with van der Waals surface area (Å²) in [5.74, 6) is -0.273. The summed E-state index contributed by atoms with van der Waals surface area (Å²) >= 11 is 0. The summed E-state index contributed by atoms with van der Waals surface area (Å²) < 4.78 is 6.63. The molecule has 3 N–H and O–H groups in total. The molecule has 0 saturated carbocycles. The van der Waals surface area contributed by atoms with Gasteiger partial charge in [-0.15, -0.1) is 0 Å². The monoisotopic (exact) mass is 496 g/mol. The topological polar surface area (TPSA) is 82.0 Å². The Kier molecular flexibility index (Phi) is 7.68. The van der Waals surface area contributed by atoms with Crippen molar-refractivity contribution in [2.75, 3.05) is 26.2 Å². The van der Waals surface area contributed by atoms with E-state index in [0.717, 1.165) is 49.0 Å². The van der Waals surface area contributed by atoms with Crippen LogP contribution in [-0.2, 0) is 4.74 Å². The second-order valence-electron chi connectivity index (χ2n) is 9.54. The third-order valence-corrected chi connectivity index (χ3v) is 6.96. The summed E-state index contributed by atoms with van der Waals surface area (Å²) in [6, 6.07) is 28.7. The third kappa shape index (κ3) is 6.10. The van der Waals surface area contributed by atoms with E-state index in [0.29, 0.717) is 11.9 Å². The van der Waals surface area contributed by atoms with Crippen molar-refractivity contribution in [3.05, 3.63) is 108 Å². The average molecular weight is 497 g/mol. The van der Waals surface area contributed by atoms with Gasteiger partial charge in [0.2, 0.25) is 0 Å². The maximum absolute atomic E-state index is 12.7. The van der Waals surface area contributed by atoms with Gasteiger partial charge in [-0.25, -0.2) is 0 Å². The number of phenols is 2. The maximum atomic E-state index is 12.7. The number of benzene rings is 4. The molecule has 0 radical (unpaired) electrons. The number of likely N-dealkylation sites (tertiary alicyclic amines) is 1. The number of nitrogens with zero attached hydrogens (tertiary/aromatic N) is 1. The number of phenolic OH excluding ortho intramolecular Hbond substituents is 2. The molecule has 0 aromatic heterocycles. The molecule has 0 atom stereocenters. The number of rotatable bonds is 8. The minimum atomic E-state index is -0.325. The van der Waals surface area contributed by atoms with Gasteiger partial charge in [0.05, 0.1) is 11.7 Å². The molecule has 4 aromatic carbocycles. The number of piperidine rings is 1. The van der Waals surface area contributed by atoms with Gasteiger partial charge in [-0.2, -0.15) is 0 Å². The SMILES string of the molecule is O=C(NCCN1CCC(OC(c2ccccc2)c2ccccc2)CC1)c1cc2cc(O)ccc2cc1O. The molecule has 0 bridgehead atoms. The normalized spacial score (nSPS) is 14.7. The van der Waals surface area contributed by atoms with Gasteiger partial charge < -0.3 is 25.2 Å². The Balaban J connectivity index is 1.13.